The second kappa shape index (κ2) is 4.17. The lowest BCUT2D eigenvalue weighted by Gasteiger charge is -2.14. The molecule has 1 aliphatic carbocycles. The molecule has 0 heterocycles. The van der Waals surface area contributed by atoms with Crippen LogP contribution in [0.1, 0.15) is 55.5 Å². The molecular formula is C15H20O2. The molecule has 92 valence electrons. The van der Waals surface area contributed by atoms with Crippen molar-refractivity contribution in [3.8, 4) is 5.75 Å². The highest BCUT2D eigenvalue weighted by molar-refractivity contribution is 6.04. The normalized spacial score (nSPS) is 17.0. The smallest absolute Gasteiger partial charge is 0.172 e. The van der Waals surface area contributed by atoms with Gasteiger partial charge in [0.25, 0.3) is 0 Å². The highest BCUT2D eigenvalue weighted by atomic mass is 16.5. The molecule has 2 nitrogen and oxygen atoms in total. The van der Waals surface area contributed by atoms with Crippen LogP contribution in [0.4, 0.5) is 0 Å². The number of ether oxygens (including phenoxy) is 1. The Morgan fingerprint density at radius 3 is 2.47 bits per heavy atom. The minimum absolute atomic E-state index is 0.136. The first-order valence-corrected chi connectivity index (χ1v) is 6.21. The van der Waals surface area contributed by atoms with Crippen molar-refractivity contribution >= 4 is 5.78 Å². The molecule has 0 saturated heterocycles. The van der Waals surface area contributed by atoms with Crippen molar-refractivity contribution in [3.05, 3.63) is 29.3 Å². The van der Waals surface area contributed by atoms with Crippen LogP contribution in [-0.2, 0) is 0 Å². The van der Waals surface area contributed by atoms with Gasteiger partial charge in [-0.15, -0.1) is 0 Å². The molecule has 0 unspecified atom stereocenters. The van der Waals surface area contributed by atoms with E-state index in [1.807, 2.05) is 25.1 Å². The zero-order chi connectivity index (χ0) is 12.6. The van der Waals surface area contributed by atoms with E-state index in [0.29, 0.717) is 11.7 Å². The van der Waals surface area contributed by atoms with Gasteiger partial charge in [-0.25, -0.2) is 0 Å². The maximum absolute atomic E-state index is 12.4. The largest absolute Gasteiger partial charge is 0.496 e. The number of benzene rings is 1. The zero-order valence-electron chi connectivity index (χ0n) is 11.0. The minimum atomic E-state index is -0.136. The molecule has 0 atom stereocenters. The highest BCUT2D eigenvalue weighted by Crippen LogP contribution is 2.48. The Labute approximate surface area is 103 Å². The van der Waals surface area contributed by atoms with Crippen molar-refractivity contribution in [2.45, 2.75) is 39.5 Å². The summed E-state index contributed by atoms with van der Waals surface area (Å²) in [6.07, 6.45) is 2.00. The summed E-state index contributed by atoms with van der Waals surface area (Å²) in [5.41, 5.74) is 1.81. The number of carbonyl (C=O) groups is 1. The standard InChI is InChI=1S/C15H20O2/c1-10(2)11-5-6-13(17-4)12(9-11)14(16)15(3)7-8-15/h5-6,9-10H,7-8H2,1-4H3. The van der Waals surface area contributed by atoms with E-state index in [1.54, 1.807) is 7.11 Å². The molecule has 0 bridgehead atoms. The van der Waals surface area contributed by atoms with Crippen LogP contribution < -0.4 is 4.74 Å². The number of rotatable bonds is 4. The van der Waals surface area contributed by atoms with Crippen LogP contribution >= 0.6 is 0 Å². The van der Waals surface area contributed by atoms with Gasteiger partial charge in [-0.2, -0.15) is 0 Å². The van der Waals surface area contributed by atoms with Gasteiger partial charge in [-0.1, -0.05) is 26.8 Å². The van der Waals surface area contributed by atoms with Crippen LogP contribution in [0, 0.1) is 5.41 Å². The molecule has 0 spiro atoms. The van der Waals surface area contributed by atoms with Crippen LogP contribution in [0.15, 0.2) is 18.2 Å². The average Bonchev–Trinajstić information content (AvgIpc) is 3.06. The van der Waals surface area contributed by atoms with Gasteiger partial charge in [-0.3, -0.25) is 4.79 Å². The minimum Gasteiger partial charge on any atom is -0.496 e. The quantitative estimate of drug-likeness (QED) is 0.738. The third-order valence-electron chi connectivity index (χ3n) is 3.68. The molecule has 0 N–H and O–H groups in total. The molecular weight excluding hydrogens is 212 g/mol. The molecule has 0 radical (unpaired) electrons. The summed E-state index contributed by atoms with van der Waals surface area (Å²) in [7, 11) is 1.62. The lowest BCUT2D eigenvalue weighted by atomic mass is 9.92. The van der Waals surface area contributed by atoms with Crippen molar-refractivity contribution in [1.82, 2.24) is 0 Å². The van der Waals surface area contributed by atoms with Gasteiger partial charge in [-0.05, 0) is 36.5 Å². The van der Waals surface area contributed by atoms with E-state index in [1.165, 1.54) is 5.56 Å². The molecule has 1 saturated carbocycles. The summed E-state index contributed by atoms with van der Waals surface area (Å²) in [5.74, 6) is 1.36. The van der Waals surface area contributed by atoms with Gasteiger partial charge in [0.05, 0.1) is 12.7 Å². The van der Waals surface area contributed by atoms with Gasteiger partial charge in [0.1, 0.15) is 5.75 Å². The molecule has 1 aliphatic rings. The van der Waals surface area contributed by atoms with Gasteiger partial charge in [0.2, 0.25) is 0 Å². The zero-order valence-corrected chi connectivity index (χ0v) is 11.0. The first kappa shape index (κ1) is 12.2. The monoisotopic (exact) mass is 232 g/mol. The molecule has 2 rings (SSSR count). The number of Topliss-reactive ketones (excluding diaryl/α,β-unsaturated/α-hetero) is 1. The molecule has 2 heteroatoms. The molecule has 1 aromatic rings. The first-order valence-electron chi connectivity index (χ1n) is 6.21. The predicted octanol–water partition coefficient (Wildman–Crippen LogP) is 3.80. The van der Waals surface area contributed by atoms with Gasteiger partial charge >= 0.3 is 0 Å². The Kier molecular flexibility index (Phi) is 2.98. The first-order chi connectivity index (χ1) is 7.98. The van der Waals surface area contributed by atoms with Crippen molar-refractivity contribution in [1.29, 1.82) is 0 Å². The third kappa shape index (κ3) is 2.21. The van der Waals surface area contributed by atoms with Gasteiger partial charge in [0.15, 0.2) is 5.78 Å². The van der Waals surface area contributed by atoms with E-state index in [0.717, 1.165) is 18.4 Å². The molecule has 0 amide bonds. The number of hydrogen-bond acceptors (Lipinski definition) is 2. The predicted molar refractivity (Wildman–Crippen MR) is 68.8 cm³/mol. The van der Waals surface area contributed by atoms with E-state index in [2.05, 4.69) is 13.8 Å². The lowest BCUT2D eigenvalue weighted by molar-refractivity contribution is 0.0909. The van der Waals surface area contributed by atoms with Crippen LogP contribution in [0.3, 0.4) is 0 Å². The molecule has 0 aromatic heterocycles. The summed E-state index contributed by atoms with van der Waals surface area (Å²) in [5, 5.41) is 0. The maximum Gasteiger partial charge on any atom is 0.172 e. The van der Waals surface area contributed by atoms with Crippen molar-refractivity contribution < 1.29 is 9.53 Å². The SMILES string of the molecule is COc1ccc(C(C)C)cc1C(=O)C1(C)CC1. The maximum atomic E-state index is 12.4. The Hall–Kier alpha value is -1.31. The fourth-order valence-corrected chi connectivity index (χ4v) is 2.00. The third-order valence-corrected chi connectivity index (χ3v) is 3.68. The molecule has 0 aliphatic heterocycles. The fraction of sp³-hybridized carbons (Fsp3) is 0.533. The van der Waals surface area contributed by atoms with Crippen molar-refractivity contribution in [3.63, 3.8) is 0 Å². The van der Waals surface area contributed by atoms with Crippen LogP contribution in [0.25, 0.3) is 0 Å². The van der Waals surface area contributed by atoms with E-state index < -0.39 is 0 Å². The Balaban J connectivity index is 2.42. The Bertz CT molecular complexity index is 442. The summed E-state index contributed by atoms with van der Waals surface area (Å²) in [6.45, 7) is 6.31. The molecule has 17 heavy (non-hydrogen) atoms. The summed E-state index contributed by atoms with van der Waals surface area (Å²) >= 11 is 0. The highest BCUT2D eigenvalue weighted by Gasteiger charge is 2.45. The van der Waals surface area contributed by atoms with Crippen molar-refractivity contribution in [2.24, 2.45) is 5.41 Å². The van der Waals surface area contributed by atoms with E-state index in [9.17, 15) is 4.79 Å². The Morgan fingerprint density at radius 2 is 2.00 bits per heavy atom. The molecule has 1 fully saturated rings. The summed E-state index contributed by atoms with van der Waals surface area (Å²) in [6, 6.07) is 5.94. The number of hydrogen-bond donors (Lipinski definition) is 0. The van der Waals surface area contributed by atoms with Crippen LogP contribution in [-0.4, -0.2) is 12.9 Å². The molecule has 1 aromatic carbocycles. The van der Waals surface area contributed by atoms with E-state index >= 15 is 0 Å². The fourth-order valence-electron chi connectivity index (χ4n) is 2.00. The topological polar surface area (TPSA) is 26.3 Å². The summed E-state index contributed by atoms with van der Waals surface area (Å²) < 4.78 is 5.30. The number of methoxy groups -OCH3 is 1. The van der Waals surface area contributed by atoms with Crippen LogP contribution in [0.5, 0.6) is 5.75 Å². The second-order valence-corrected chi connectivity index (χ2v) is 5.50. The average molecular weight is 232 g/mol. The van der Waals surface area contributed by atoms with Crippen molar-refractivity contribution in [2.75, 3.05) is 7.11 Å². The number of ketones is 1. The number of carbonyl (C=O) groups excluding carboxylic acids is 1. The second-order valence-electron chi connectivity index (χ2n) is 5.50. The van der Waals surface area contributed by atoms with Gasteiger partial charge in [0, 0.05) is 5.41 Å². The summed E-state index contributed by atoms with van der Waals surface area (Å²) in [4.78, 5) is 12.4. The Morgan fingerprint density at radius 1 is 1.35 bits per heavy atom. The van der Waals surface area contributed by atoms with Gasteiger partial charge < -0.3 is 4.74 Å². The van der Waals surface area contributed by atoms with Crippen LogP contribution in [0.2, 0.25) is 0 Å². The van der Waals surface area contributed by atoms with E-state index in [-0.39, 0.29) is 11.2 Å². The lowest BCUT2D eigenvalue weighted by Crippen LogP contribution is -2.13. The van der Waals surface area contributed by atoms with E-state index in [4.69, 9.17) is 4.74 Å².